The zero-order valence-corrected chi connectivity index (χ0v) is 10.7. The smallest absolute Gasteiger partial charge is 0.250 e. The van der Waals surface area contributed by atoms with Crippen molar-refractivity contribution in [1.82, 2.24) is 5.32 Å². The minimum atomic E-state index is -2.95. The molecule has 0 bridgehead atoms. The average Bonchev–Trinajstić information content (AvgIpc) is 2.95. The van der Waals surface area contributed by atoms with Gasteiger partial charge in [0.1, 0.15) is 5.54 Å². The summed E-state index contributed by atoms with van der Waals surface area (Å²) >= 11 is 0. The molecule has 1 aliphatic rings. The summed E-state index contributed by atoms with van der Waals surface area (Å²) in [5.41, 5.74) is 4.61. The molecule has 0 radical (unpaired) electrons. The molecular formula is C12H19F2N3O. The van der Waals surface area contributed by atoms with Gasteiger partial charge in [0.25, 0.3) is 0 Å². The van der Waals surface area contributed by atoms with Gasteiger partial charge in [0.15, 0.2) is 0 Å². The maximum absolute atomic E-state index is 13.5. The molecule has 18 heavy (non-hydrogen) atoms. The molecule has 1 aliphatic carbocycles. The summed E-state index contributed by atoms with van der Waals surface area (Å²) < 4.78 is 27.0. The number of hydrogen-bond donors (Lipinski definition) is 2. The molecule has 1 rings (SSSR count). The van der Waals surface area contributed by atoms with Crippen LogP contribution in [0.3, 0.4) is 0 Å². The zero-order chi connectivity index (χ0) is 14.0. The molecule has 1 saturated carbocycles. The SMILES string of the molecule is CC(C)CC(F)(F)C[C@H](N)C(=O)NC1(C#N)CC1. The van der Waals surface area contributed by atoms with E-state index in [1.807, 2.05) is 6.07 Å². The Labute approximate surface area is 106 Å². The van der Waals surface area contributed by atoms with Crippen LogP contribution in [-0.4, -0.2) is 23.4 Å². The maximum atomic E-state index is 13.5. The third kappa shape index (κ3) is 4.22. The first-order valence-electron chi connectivity index (χ1n) is 6.06. The van der Waals surface area contributed by atoms with Gasteiger partial charge >= 0.3 is 0 Å². The molecule has 0 aromatic rings. The monoisotopic (exact) mass is 259 g/mol. The van der Waals surface area contributed by atoms with E-state index in [2.05, 4.69) is 5.32 Å². The van der Waals surface area contributed by atoms with Crippen LogP contribution in [0.1, 0.15) is 39.5 Å². The van der Waals surface area contributed by atoms with Crippen molar-refractivity contribution in [1.29, 1.82) is 5.26 Å². The second-order valence-corrected chi connectivity index (χ2v) is 5.45. The van der Waals surface area contributed by atoms with Crippen LogP contribution in [0.2, 0.25) is 0 Å². The van der Waals surface area contributed by atoms with Crippen molar-refractivity contribution in [3.8, 4) is 6.07 Å². The lowest BCUT2D eigenvalue weighted by molar-refractivity contribution is -0.126. The standard InChI is InChI=1S/C12H19F2N3O/c1-8(2)5-12(13,14)6-9(16)10(18)17-11(7-15)3-4-11/h8-9H,3-6,16H2,1-2H3,(H,17,18)/t9-/m0/s1. The molecule has 0 aliphatic heterocycles. The van der Waals surface area contributed by atoms with E-state index >= 15 is 0 Å². The largest absolute Gasteiger partial charge is 0.336 e. The van der Waals surface area contributed by atoms with E-state index in [0.717, 1.165) is 0 Å². The van der Waals surface area contributed by atoms with Gasteiger partial charge in [-0.25, -0.2) is 8.78 Å². The number of amides is 1. The van der Waals surface area contributed by atoms with Gasteiger partial charge in [-0.2, -0.15) is 5.26 Å². The van der Waals surface area contributed by atoms with Gasteiger partial charge in [0.05, 0.1) is 12.1 Å². The zero-order valence-electron chi connectivity index (χ0n) is 10.7. The summed E-state index contributed by atoms with van der Waals surface area (Å²) in [6, 6.07) is 0.685. The molecule has 0 aromatic carbocycles. The molecule has 0 aromatic heterocycles. The van der Waals surface area contributed by atoms with Crippen molar-refractivity contribution < 1.29 is 13.6 Å². The third-order valence-electron chi connectivity index (χ3n) is 2.89. The Morgan fingerprint density at radius 2 is 2.06 bits per heavy atom. The van der Waals surface area contributed by atoms with Gasteiger partial charge in [-0.05, 0) is 18.8 Å². The molecular weight excluding hydrogens is 240 g/mol. The summed E-state index contributed by atoms with van der Waals surface area (Å²) in [6.45, 7) is 3.38. The summed E-state index contributed by atoms with van der Waals surface area (Å²) in [7, 11) is 0. The van der Waals surface area contributed by atoms with Crippen LogP contribution in [0.5, 0.6) is 0 Å². The topological polar surface area (TPSA) is 78.9 Å². The van der Waals surface area contributed by atoms with Crippen LogP contribution in [0.25, 0.3) is 0 Å². The number of rotatable bonds is 6. The fraction of sp³-hybridized carbons (Fsp3) is 0.833. The van der Waals surface area contributed by atoms with Crippen LogP contribution < -0.4 is 11.1 Å². The van der Waals surface area contributed by atoms with Crippen LogP contribution in [0, 0.1) is 17.2 Å². The van der Waals surface area contributed by atoms with E-state index in [0.29, 0.717) is 12.8 Å². The Balaban J connectivity index is 2.47. The molecule has 0 spiro atoms. The predicted octanol–water partition coefficient (Wildman–Crippen LogP) is 1.56. The van der Waals surface area contributed by atoms with Crippen molar-refractivity contribution in [3.63, 3.8) is 0 Å². The number of carbonyl (C=O) groups is 1. The van der Waals surface area contributed by atoms with Gasteiger partial charge in [-0.15, -0.1) is 0 Å². The number of carbonyl (C=O) groups excluding carboxylic acids is 1. The Morgan fingerprint density at radius 3 is 2.44 bits per heavy atom. The van der Waals surface area contributed by atoms with E-state index < -0.39 is 29.8 Å². The Morgan fingerprint density at radius 1 is 1.50 bits per heavy atom. The normalized spacial score (nSPS) is 19.2. The van der Waals surface area contributed by atoms with Crippen molar-refractivity contribution in [3.05, 3.63) is 0 Å². The lowest BCUT2D eigenvalue weighted by Crippen LogP contribution is -2.48. The van der Waals surface area contributed by atoms with E-state index in [4.69, 9.17) is 11.0 Å². The van der Waals surface area contributed by atoms with E-state index in [1.54, 1.807) is 13.8 Å². The summed E-state index contributed by atoms with van der Waals surface area (Å²) in [5, 5.41) is 11.2. The lowest BCUT2D eigenvalue weighted by atomic mass is 9.99. The summed E-state index contributed by atoms with van der Waals surface area (Å²) in [4.78, 5) is 11.6. The second-order valence-electron chi connectivity index (χ2n) is 5.45. The van der Waals surface area contributed by atoms with Gasteiger partial charge in [-0.1, -0.05) is 13.8 Å². The van der Waals surface area contributed by atoms with Crippen LogP contribution in [0.15, 0.2) is 0 Å². The number of hydrogen-bond acceptors (Lipinski definition) is 3. The molecule has 0 heterocycles. The third-order valence-corrected chi connectivity index (χ3v) is 2.89. The first-order valence-corrected chi connectivity index (χ1v) is 6.06. The van der Waals surface area contributed by atoms with Crippen molar-refractivity contribution in [2.45, 2.75) is 57.0 Å². The Hall–Kier alpha value is -1.22. The van der Waals surface area contributed by atoms with E-state index in [1.165, 1.54) is 0 Å². The van der Waals surface area contributed by atoms with Crippen LogP contribution in [0.4, 0.5) is 8.78 Å². The fourth-order valence-electron chi connectivity index (χ4n) is 1.81. The van der Waals surface area contributed by atoms with E-state index in [9.17, 15) is 13.6 Å². The summed E-state index contributed by atoms with van der Waals surface area (Å²) in [6.07, 6.45) is 0.143. The van der Waals surface area contributed by atoms with Crippen molar-refractivity contribution in [2.24, 2.45) is 11.7 Å². The number of alkyl halides is 2. The predicted molar refractivity (Wildman–Crippen MR) is 62.7 cm³/mol. The molecule has 1 fully saturated rings. The number of halogens is 2. The molecule has 102 valence electrons. The minimum absolute atomic E-state index is 0.163. The molecule has 0 saturated heterocycles. The first kappa shape index (κ1) is 14.8. The number of nitrogens with one attached hydrogen (secondary N) is 1. The average molecular weight is 259 g/mol. The van der Waals surface area contributed by atoms with Gasteiger partial charge in [0, 0.05) is 12.8 Å². The van der Waals surface area contributed by atoms with Gasteiger partial charge < -0.3 is 11.1 Å². The number of nitrogens with two attached hydrogens (primary N) is 1. The molecule has 4 nitrogen and oxygen atoms in total. The van der Waals surface area contributed by atoms with Crippen LogP contribution in [-0.2, 0) is 4.79 Å². The molecule has 6 heteroatoms. The quantitative estimate of drug-likeness (QED) is 0.759. The summed E-state index contributed by atoms with van der Waals surface area (Å²) in [5.74, 6) is -3.78. The van der Waals surface area contributed by atoms with E-state index in [-0.39, 0.29) is 12.3 Å². The number of nitriles is 1. The molecule has 3 N–H and O–H groups in total. The second kappa shape index (κ2) is 5.19. The van der Waals surface area contributed by atoms with Crippen LogP contribution >= 0.6 is 0 Å². The fourth-order valence-corrected chi connectivity index (χ4v) is 1.81. The lowest BCUT2D eigenvalue weighted by Gasteiger charge is -2.22. The highest BCUT2D eigenvalue weighted by Gasteiger charge is 2.46. The Kier molecular flexibility index (Phi) is 4.28. The highest BCUT2D eigenvalue weighted by Crippen LogP contribution is 2.34. The molecule has 0 unspecified atom stereocenters. The van der Waals surface area contributed by atoms with Gasteiger partial charge in [-0.3, -0.25) is 4.79 Å². The molecule has 1 amide bonds. The highest BCUT2D eigenvalue weighted by atomic mass is 19.3. The molecule has 1 atom stereocenters. The first-order chi connectivity index (χ1) is 8.20. The Bertz CT molecular complexity index is 359. The van der Waals surface area contributed by atoms with Gasteiger partial charge in [0.2, 0.25) is 11.8 Å². The highest BCUT2D eigenvalue weighted by molar-refractivity contribution is 5.83. The van der Waals surface area contributed by atoms with Crippen molar-refractivity contribution >= 4 is 5.91 Å². The maximum Gasteiger partial charge on any atom is 0.250 e. The minimum Gasteiger partial charge on any atom is -0.336 e. The number of nitrogens with zero attached hydrogens (tertiary/aromatic N) is 1. The van der Waals surface area contributed by atoms with Crippen molar-refractivity contribution in [2.75, 3.05) is 0 Å².